The third kappa shape index (κ3) is 3.00. The van der Waals surface area contributed by atoms with Crippen molar-refractivity contribution in [1.82, 2.24) is 10.2 Å². The molecule has 0 bridgehead atoms. The zero-order valence-corrected chi connectivity index (χ0v) is 14.1. The smallest absolute Gasteiger partial charge is 0.0916 e. The molecule has 126 valence electrons. The van der Waals surface area contributed by atoms with E-state index in [1.54, 1.807) is 0 Å². The van der Waals surface area contributed by atoms with Gasteiger partial charge in [-0.25, -0.2) is 0 Å². The maximum Gasteiger partial charge on any atom is 0.0916 e. The van der Waals surface area contributed by atoms with E-state index in [1.165, 1.54) is 11.1 Å². The Morgan fingerprint density at radius 1 is 1.00 bits per heavy atom. The normalized spacial score (nSPS) is 21.4. The van der Waals surface area contributed by atoms with Crippen molar-refractivity contribution in [2.45, 2.75) is 30.9 Å². The van der Waals surface area contributed by atoms with Gasteiger partial charge in [0.2, 0.25) is 0 Å². The van der Waals surface area contributed by atoms with Crippen LogP contribution in [0.5, 0.6) is 0 Å². The van der Waals surface area contributed by atoms with Crippen molar-refractivity contribution < 1.29 is 5.11 Å². The van der Waals surface area contributed by atoms with Crippen molar-refractivity contribution in [3.05, 3.63) is 71.3 Å². The standard InChI is InChI=1S/C21H26N2O/c24-20(18-7-2-1-3-8-18)16-23-14-11-21(12-15-23)19-9-5-4-6-17(19)10-13-22-21/h1-9,20,22,24H,10-16H2. The Kier molecular flexibility index (Phi) is 4.40. The van der Waals surface area contributed by atoms with E-state index in [4.69, 9.17) is 0 Å². The molecule has 2 aliphatic heterocycles. The molecular formula is C21H26N2O. The van der Waals surface area contributed by atoms with Crippen LogP contribution >= 0.6 is 0 Å². The average Bonchev–Trinajstić information content (AvgIpc) is 2.65. The summed E-state index contributed by atoms with van der Waals surface area (Å²) in [6, 6.07) is 18.9. The number of β-amino-alcohol motifs (C(OH)–C–C–N with tert-alkyl or cyclic N) is 1. The highest BCUT2D eigenvalue weighted by Gasteiger charge is 2.39. The van der Waals surface area contributed by atoms with E-state index in [1.807, 2.05) is 30.3 Å². The first-order valence-electron chi connectivity index (χ1n) is 9.06. The Bertz CT molecular complexity index is 677. The van der Waals surface area contributed by atoms with Crippen LogP contribution in [0, 0.1) is 0 Å². The molecule has 24 heavy (non-hydrogen) atoms. The molecule has 2 aromatic rings. The molecule has 3 nitrogen and oxygen atoms in total. The Morgan fingerprint density at radius 3 is 2.50 bits per heavy atom. The number of nitrogens with zero attached hydrogens (tertiary/aromatic N) is 1. The second-order valence-corrected chi connectivity index (χ2v) is 7.14. The molecule has 2 heterocycles. The molecule has 2 N–H and O–H groups in total. The minimum Gasteiger partial charge on any atom is -0.387 e. The van der Waals surface area contributed by atoms with E-state index < -0.39 is 6.10 Å². The Morgan fingerprint density at radius 2 is 1.71 bits per heavy atom. The number of fused-ring (bicyclic) bond motifs is 2. The SMILES string of the molecule is OC(CN1CCC2(CC1)NCCc1ccccc12)c1ccccc1. The van der Waals surface area contributed by atoms with Crippen LogP contribution < -0.4 is 5.32 Å². The number of rotatable bonds is 3. The number of aliphatic hydroxyl groups is 1. The lowest BCUT2D eigenvalue weighted by atomic mass is 9.76. The molecule has 0 aliphatic carbocycles. The van der Waals surface area contributed by atoms with Gasteiger partial charge in [-0.1, -0.05) is 54.6 Å². The second-order valence-electron chi connectivity index (χ2n) is 7.14. The Balaban J connectivity index is 1.43. The quantitative estimate of drug-likeness (QED) is 0.912. The highest BCUT2D eigenvalue weighted by atomic mass is 16.3. The van der Waals surface area contributed by atoms with Crippen molar-refractivity contribution in [2.75, 3.05) is 26.2 Å². The van der Waals surface area contributed by atoms with Crippen LogP contribution in [0.15, 0.2) is 54.6 Å². The highest BCUT2D eigenvalue weighted by Crippen LogP contribution is 2.37. The van der Waals surface area contributed by atoms with Crippen molar-refractivity contribution in [2.24, 2.45) is 0 Å². The van der Waals surface area contributed by atoms with Crippen molar-refractivity contribution in [3.8, 4) is 0 Å². The summed E-state index contributed by atoms with van der Waals surface area (Å²) < 4.78 is 0. The van der Waals surface area contributed by atoms with Gasteiger partial charge in [0.1, 0.15) is 0 Å². The lowest BCUT2D eigenvalue weighted by molar-refractivity contribution is 0.0704. The zero-order chi connectivity index (χ0) is 16.4. The van der Waals surface area contributed by atoms with Gasteiger partial charge in [0.15, 0.2) is 0 Å². The van der Waals surface area contributed by atoms with Crippen LogP contribution in [0.1, 0.15) is 35.6 Å². The number of likely N-dealkylation sites (tertiary alicyclic amines) is 1. The van der Waals surface area contributed by atoms with Gasteiger partial charge >= 0.3 is 0 Å². The van der Waals surface area contributed by atoms with Gasteiger partial charge in [-0.15, -0.1) is 0 Å². The van der Waals surface area contributed by atoms with Crippen LogP contribution in [0.25, 0.3) is 0 Å². The first kappa shape index (κ1) is 15.8. The minimum atomic E-state index is -0.396. The van der Waals surface area contributed by atoms with Crippen molar-refractivity contribution in [3.63, 3.8) is 0 Å². The number of aliphatic hydroxyl groups excluding tert-OH is 1. The molecular weight excluding hydrogens is 296 g/mol. The summed E-state index contributed by atoms with van der Waals surface area (Å²) in [6.07, 6.45) is 2.97. The fourth-order valence-electron chi connectivity index (χ4n) is 4.33. The van der Waals surface area contributed by atoms with E-state index in [9.17, 15) is 5.11 Å². The summed E-state index contributed by atoms with van der Waals surface area (Å²) in [5.74, 6) is 0. The first-order valence-corrected chi connectivity index (χ1v) is 9.06. The van der Waals surface area contributed by atoms with Gasteiger partial charge in [0.25, 0.3) is 0 Å². The highest BCUT2D eigenvalue weighted by molar-refractivity contribution is 5.37. The van der Waals surface area contributed by atoms with Gasteiger partial charge < -0.3 is 15.3 Å². The Hall–Kier alpha value is -1.68. The lowest BCUT2D eigenvalue weighted by Gasteiger charge is -2.46. The van der Waals surface area contributed by atoms with E-state index in [0.29, 0.717) is 0 Å². The summed E-state index contributed by atoms with van der Waals surface area (Å²) in [5, 5.41) is 14.3. The van der Waals surface area contributed by atoms with Gasteiger partial charge in [-0.05, 0) is 36.0 Å². The van der Waals surface area contributed by atoms with Crippen LogP contribution in [-0.2, 0) is 12.0 Å². The second kappa shape index (κ2) is 6.67. The molecule has 0 amide bonds. The largest absolute Gasteiger partial charge is 0.387 e. The molecule has 3 heteroatoms. The minimum absolute atomic E-state index is 0.142. The molecule has 1 atom stereocenters. The number of nitrogens with one attached hydrogen (secondary N) is 1. The summed E-state index contributed by atoms with van der Waals surface area (Å²) >= 11 is 0. The van der Waals surface area contributed by atoms with Gasteiger partial charge in [0, 0.05) is 31.7 Å². The number of hydrogen-bond donors (Lipinski definition) is 2. The fraction of sp³-hybridized carbons (Fsp3) is 0.429. The van der Waals surface area contributed by atoms with Gasteiger partial charge in [0.05, 0.1) is 6.10 Å². The maximum absolute atomic E-state index is 10.5. The fourth-order valence-corrected chi connectivity index (χ4v) is 4.33. The van der Waals surface area contributed by atoms with E-state index in [2.05, 4.69) is 34.5 Å². The zero-order valence-electron chi connectivity index (χ0n) is 14.1. The summed E-state index contributed by atoms with van der Waals surface area (Å²) in [6.45, 7) is 3.86. The number of piperidine rings is 1. The molecule has 4 rings (SSSR count). The van der Waals surface area contributed by atoms with Crippen LogP contribution in [0.2, 0.25) is 0 Å². The van der Waals surface area contributed by atoms with Crippen LogP contribution in [0.4, 0.5) is 0 Å². The van der Waals surface area contributed by atoms with E-state index >= 15 is 0 Å². The average molecular weight is 322 g/mol. The molecule has 1 fully saturated rings. The summed E-state index contributed by atoms with van der Waals surface area (Å²) in [4.78, 5) is 2.40. The molecule has 1 saturated heterocycles. The van der Waals surface area contributed by atoms with Crippen molar-refractivity contribution >= 4 is 0 Å². The number of benzene rings is 2. The van der Waals surface area contributed by atoms with Crippen LogP contribution in [0.3, 0.4) is 0 Å². The summed E-state index contributed by atoms with van der Waals surface area (Å²) in [5.41, 5.74) is 4.16. The molecule has 0 aromatic heterocycles. The molecule has 1 unspecified atom stereocenters. The topological polar surface area (TPSA) is 35.5 Å². The van der Waals surface area contributed by atoms with Gasteiger partial charge in [-0.2, -0.15) is 0 Å². The first-order chi connectivity index (χ1) is 11.8. The lowest BCUT2D eigenvalue weighted by Crippen LogP contribution is -2.54. The third-order valence-corrected chi connectivity index (χ3v) is 5.72. The van der Waals surface area contributed by atoms with E-state index in [0.717, 1.165) is 51.0 Å². The third-order valence-electron chi connectivity index (χ3n) is 5.72. The summed E-state index contributed by atoms with van der Waals surface area (Å²) in [7, 11) is 0. The molecule has 2 aliphatic rings. The van der Waals surface area contributed by atoms with E-state index in [-0.39, 0.29) is 5.54 Å². The predicted octanol–water partition coefficient (Wildman–Crippen LogP) is 2.86. The van der Waals surface area contributed by atoms with Crippen LogP contribution in [-0.4, -0.2) is 36.2 Å². The maximum atomic E-state index is 10.5. The number of hydrogen-bond acceptors (Lipinski definition) is 3. The monoisotopic (exact) mass is 322 g/mol. The Labute approximate surface area is 144 Å². The molecule has 0 radical (unpaired) electrons. The predicted molar refractivity (Wildman–Crippen MR) is 96.9 cm³/mol. The molecule has 0 saturated carbocycles. The molecule has 2 aromatic carbocycles. The van der Waals surface area contributed by atoms with Crippen molar-refractivity contribution in [1.29, 1.82) is 0 Å². The molecule has 1 spiro atoms. The van der Waals surface area contributed by atoms with Gasteiger partial charge in [-0.3, -0.25) is 0 Å².